The van der Waals surface area contributed by atoms with E-state index in [1.54, 1.807) is 0 Å². The Morgan fingerprint density at radius 2 is 1.72 bits per heavy atom. The topological polar surface area (TPSA) is 29.5 Å². The third kappa shape index (κ3) is 2.15. The highest BCUT2D eigenvalue weighted by atomic mass is 16.5. The van der Waals surface area contributed by atoms with Crippen LogP contribution in [0.5, 0.6) is 0 Å². The van der Waals surface area contributed by atoms with E-state index < -0.39 is 0 Å². The Bertz CT molecular complexity index is 408. The Morgan fingerprint density at radius 3 is 2.33 bits per heavy atom. The van der Waals surface area contributed by atoms with Crippen molar-refractivity contribution in [2.45, 2.75) is 25.9 Å². The molecule has 0 aromatic heterocycles. The van der Waals surface area contributed by atoms with Gasteiger partial charge in [-0.1, -0.05) is 30.3 Å². The first-order valence-corrected chi connectivity index (χ1v) is 6.72. The number of carbonyl (C=O) groups excluding carboxylic acids is 1. The molecule has 0 N–H and O–H groups in total. The van der Waals surface area contributed by atoms with Gasteiger partial charge >= 0.3 is 5.97 Å². The van der Waals surface area contributed by atoms with Crippen LogP contribution in [0, 0.1) is 5.41 Å². The van der Waals surface area contributed by atoms with Crippen LogP contribution in [0.3, 0.4) is 0 Å². The molecule has 3 saturated heterocycles. The van der Waals surface area contributed by atoms with Gasteiger partial charge in [0.2, 0.25) is 0 Å². The number of ether oxygens (including phenoxy) is 1. The Balaban J connectivity index is 1.61. The molecular weight excluding hydrogens is 226 g/mol. The second-order valence-electron chi connectivity index (χ2n) is 5.43. The highest BCUT2D eigenvalue weighted by Crippen LogP contribution is 2.41. The standard InChI is InChI=1S/C15H19NO2/c17-14(18-12-13-4-2-1-3-5-13)15-6-9-16(10-7-15)11-8-15/h1-5H,6-12H2. The first-order valence-electron chi connectivity index (χ1n) is 6.72. The van der Waals surface area contributed by atoms with E-state index in [0.29, 0.717) is 6.61 Å². The quantitative estimate of drug-likeness (QED) is 0.765. The Kier molecular flexibility index (Phi) is 3.08. The molecule has 2 bridgehead atoms. The number of piperidine rings is 3. The predicted octanol–water partition coefficient (Wildman–Crippen LogP) is 2.22. The van der Waals surface area contributed by atoms with Crippen molar-refractivity contribution in [3.8, 4) is 0 Å². The van der Waals surface area contributed by atoms with Crippen molar-refractivity contribution in [2.24, 2.45) is 5.41 Å². The number of nitrogens with zero attached hydrogens (tertiary/aromatic N) is 1. The molecule has 3 fully saturated rings. The van der Waals surface area contributed by atoms with Crippen LogP contribution in [0.1, 0.15) is 24.8 Å². The lowest BCUT2D eigenvalue weighted by Crippen LogP contribution is -2.52. The summed E-state index contributed by atoms with van der Waals surface area (Å²) in [6.07, 6.45) is 2.92. The number of rotatable bonds is 3. The number of fused-ring (bicyclic) bond motifs is 3. The molecule has 0 atom stereocenters. The van der Waals surface area contributed by atoms with Crippen molar-refractivity contribution in [1.82, 2.24) is 4.90 Å². The van der Waals surface area contributed by atoms with Gasteiger partial charge in [-0.2, -0.15) is 0 Å². The fraction of sp³-hybridized carbons (Fsp3) is 0.533. The van der Waals surface area contributed by atoms with Gasteiger partial charge in [0.1, 0.15) is 6.61 Å². The van der Waals surface area contributed by atoms with Crippen molar-refractivity contribution in [3.63, 3.8) is 0 Å². The van der Waals surface area contributed by atoms with Gasteiger partial charge in [-0.15, -0.1) is 0 Å². The summed E-state index contributed by atoms with van der Waals surface area (Å²) in [6.45, 7) is 3.58. The van der Waals surface area contributed by atoms with E-state index in [1.165, 1.54) is 0 Å². The van der Waals surface area contributed by atoms with Crippen molar-refractivity contribution >= 4 is 5.97 Å². The maximum atomic E-state index is 12.3. The minimum atomic E-state index is -0.177. The summed E-state index contributed by atoms with van der Waals surface area (Å²) in [5.41, 5.74) is 0.888. The molecule has 0 amide bonds. The van der Waals surface area contributed by atoms with Gasteiger partial charge in [-0.25, -0.2) is 0 Å². The first-order chi connectivity index (χ1) is 8.78. The van der Waals surface area contributed by atoms with E-state index in [0.717, 1.165) is 44.5 Å². The molecule has 0 unspecified atom stereocenters. The molecule has 3 heterocycles. The largest absolute Gasteiger partial charge is 0.460 e. The van der Waals surface area contributed by atoms with Gasteiger partial charge < -0.3 is 9.64 Å². The highest BCUT2D eigenvalue weighted by molar-refractivity contribution is 5.77. The number of hydrogen-bond acceptors (Lipinski definition) is 3. The zero-order valence-corrected chi connectivity index (χ0v) is 10.6. The van der Waals surface area contributed by atoms with Gasteiger partial charge in [-0.05, 0) is 44.5 Å². The first kappa shape index (κ1) is 11.7. The van der Waals surface area contributed by atoms with E-state index in [4.69, 9.17) is 4.74 Å². The van der Waals surface area contributed by atoms with E-state index in [-0.39, 0.29) is 11.4 Å². The monoisotopic (exact) mass is 245 g/mol. The van der Waals surface area contributed by atoms with Crippen molar-refractivity contribution in [1.29, 1.82) is 0 Å². The number of benzene rings is 1. The Hall–Kier alpha value is -1.35. The highest BCUT2D eigenvalue weighted by Gasteiger charge is 2.46. The summed E-state index contributed by atoms with van der Waals surface area (Å²) in [4.78, 5) is 14.7. The van der Waals surface area contributed by atoms with Crippen LogP contribution < -0.4 is 0 Å². The number of carbonyl (C=O) groups is 1. The van der Waals surface area contributed by atoms with Crippen LogP contribution >= 0.6 is 0 Å². The van der Waals surface area contributed by atoms with E-state index >= 15 is 0 Å². The van der Waals surface area contributed by atoms with Gasteiger partial charge in [0.25, 0.3) is 0 Å². The number of hydrogen-bond donors (Lipinski definition) is 0. The van der Waals surface area contributed by atoms with Crippen LogP contribution in [0.2, 0.25) is 0 Å². The SMILES string of the molecule is O=C(OCc1ccccc1)C12CCN(CC1)CC2. The third-order valence-electron chi connectivity index (χ3n) is 4.37. The fourth-order valence-corrected chi connectivity index (χ4v) is 3.01. The molecule has 18 heavy (non-hydrogen) atoms. The van der Waals surface area contributed by atoms with Crippen LogP contribution in [0.25, 0.3) is 0 Å². The van der Waals surface area contributed by atoms with Crippen LogP contribution in [-0.2, 0) is 16.1 Å². The molecule has 1 aromatic carbocycles. The second kappa shape index (κ2) is 4.73. The molecule has 0 spiro atoms. The summed E-state index contributed by atoms with van der Waals surface area (Å²) in [7, 11) is 0. The maximum absolute atomic E-state index is 12.3. The minimum Gasteiger partial charge on any atom is -0.460 e. The molecule has 0 aliphatic carbocycles. The van der Waals surface area contributed by atoms with Gasteiger partial charge in [-0.3, -0.25) is 4.79 Å². The average molecular weight is 245 g/mol. The maximum Gasteiger partial charge on any atom is 0.312 e. The van der Waals surface area contributed by atoms with Crippen LogP contribution in [-0.4, -0.2) is 30.5 Å². The smallest absolute Gasteiger partial charge is 0.312 e. The van der Waals surface area contributed by atoms with E-state index in [2.05, 4.69) is 4.90 Å². The lowest BCUT2D eigenvalue weighted by molar-refractivity contribution is -0.165. The Labute approximate surface area is 108 Å². The molecule has 3 nitrogen and oxygen atoms in total. The van der Waals surface area contributed by atoms with Gasteiger partial charge in [0, 0.05) is 0 Å². The molecule has 96 valence electrons. The summed E-state index contributed by atoms with van der Waals surface area (Å²) >= 11 is 0. The predicted molar refractivity (Wildman–Crippen MR) is 69.0 cm³/mol. The van der Waals surface area contributed by atoms with E-state index in [1.807, 2.05) is 30.3 Å². The molecular formula is C15H19NO2. The summed E-state index contributed by atoms with van der Waals surface area (Å²) < 4.78 is 5.53. The van der Waals surface area contributed by atoms with Crippen molar-refractivity contribution in [3.05, 3.63) is 35.9 Å². The normalized spacial score (nSPS) is 30.1. The lowest BCUT2D eigenvalue weighted by Gasteiger charge is -2.46. The van der Waals surface area contributed by atoms with Crippen molar-refractivity contribution < 1.29 is 9.53 Å². The average Bonchev–Trinajstić information content (AvgIpc) is 2.48. The van der Waals surface area contributed by atoms with Gasteiger partial charge in [0.05, 0.1) is 5.41 Å². The van der Waals surface area contributed by atoms with E-state index in [9.17, 15) is 4.79 Å². The van der Waals surface area contributed by atoms with Crippen LogP contribution in [0.4, 0.5) is 0 Å². The fourth-order valence-electron chi connectivity index (χ4n) is 3.01. The zero-order valence-electron chi connectivity index (χ0n) is 10.6. The van der Waals surface area contributed by atoms with Crippen molar-refractivity contribution in [2.75, 3.05) is 19.6 Å². The zero-order chi connectivity index (χ0) is 12.4. The lowest BCUT2D eigenvalue weighted by atomic mass is 9.72. The minimum absolute atomic E-state index is 0.0192. The third-order valence-corrected chi connectivity index (χ3v) is 4.37. The van der Waals surface area contributed by atoms with Gasteiger partial charge in [0.15, 0.2) is 0 Å². The molecule has 0 radical (unpaired) electrons. The van der Waals surface area contributed by atoms with Crippen LogP contribution in [0.15, 0.2) is 30.3 Å². The summed E-state index contributed by atoms with van der Waals surface area (Å²) in [5.74, 6) is 0.0192. The molecule has 3 heteroatoms. The molecule has 3 aliphatic heterocycles. The molecule has 1 aromatic rings. The number of esters is 1. The summed E-state index contributed by atoms with van der Waals surface area (Å²) in [5, 5.41) is 0. The Morgan fingerprint density at radius 1 is 1.11 bits per heavy atom. The molecule has 3 aliphatic rings. The molecule has 4 rings (SSSR count). The molecule has 0 saturated carbocycles. The summed E-state index contributed by atoms with van der Waals surface area (Å²) in [6, 6.07) is 9.91. The second-order valence-corrected chi connectivity index (χ2v) is 5.43.